The predicted octanol–water partition coefficient (Wildman–Crippen LogP) is 6.03. The Bertz CT molecular complexity index is 1100. The van der Waals surface area contributed by atoms with E-state index in [9.17, 15) is 0 Å². The molecule has 2 aromatic heterocycles. The van der Waals surface area contributed by atoms with Gasteiger partial charge in [-0.15, -0.1) is 0 Å². The molecule has 0 spiro atoms. The number of aromatic nitrogens is 3. The number of benzene rings is 2. The summed E-state index contributed by atoms with van der Waals surface area (Å²) in [4.78, 5) is 16.5. The second-order valence-electron chi connectivity index (χ2n) is 7.33. The summed E-state index contributed by atoms with van der Waals surface area (Å²) in [6.45, 7) is 2.38. The predicted molar refractivity (Wildman–Crippen MR) is 120 cm³/mol. The molecule has 0 bridgehead atoms. The van der Waals surface area contributed by atoms with Crippen molar-refractivity contribution in [2.24, 2.45) is 0 Å². The number of rotatable bonds is 4. The van der Waals surface area contributed by atoms with Crippen LogP contribution < -0.4 is 0 Å². The molecular weight excluding hydrogens is 415 g/mol. The summed E-state index contributed by atoms with van der Waals surface area (Å²) in [5.74, 6) is 0. The van der Waals surface area contributed by atoms with Crippen LogP contribution in [0.1, 0.15) is 17.0 Å². The van der Waals surface area contributed by atoms with Crippen LogP contribution in [0.5, 0.6) is 0 Å². The maximum Gasteiger partial charge on any atom is 0.0969 e. The summed E-state index contributed by atoms with van der Waals surface area (Å²) in [6.07, 6.45) is 3.65. The van der Waals surface area contributed by atoms with Crippen LogP contribution >= 0.6 is 23.2 Å². The zero-order chi connectivity index (χ0) is 20.5. The molecule has 1 aliphatic rings. The number of hydrogen-bond acceptors (Lipinski definition) is 4. The smallest absolute Gasteiger partial charge is 0.0969 e. The van der Waals surface area contributed by atoms with Gasteiger partial charge >= 0.3 is 0 Å². The fourth-order valence-electron chi connectivity index (χ4n) is 3.71. The quantitative estimate of drug-likeness (QED) is 0.394. The van der Waals surface area contributed by atoms with Gasteiger partial charge in [0.15, 0.2) is 0 Å². The lowest BCUT2D eigenvalue weighted by Crippen LogP contribution is -2.15. The van der Waals surface area contributed by atoms with E-state index in [-0.39, 0.29) is 0 Å². The van der Waals surface area contributed by atoms with Crippen LogP contribution in [0.15, 0.2) is 73.1 Å². The highest BCUT2D eigenvalue weighted by Gasteiger charge is 2.25. The molecule has 0 atom stereocenters. The number of hydrogen-bond donors (Lipinski definition) is 0. The molecule has 0 saturated carbocycles. The van der Waals surface area contributed by atoms with Gasteiger partial charge in [-0.05, 0) is 42.0 Å². The van der Waals surface area contributed by atoms with Gasteiger partial charge in [-0.3, -0.25) is 9.88 Å². The summed E-state index contributed by atoms with van der Waals surface area (Å²) >= 11 is 12.2. The van der Waals surface area contributed by atoms with Gasteiger partial charge in [0, 0.05) is 53.2 Å². The van der Waals surface area contributed by atoms with E-state index >= 15 is 0 Å². The SMILES string of the molecule is Clc1ccc(-c2nc3c(nc2-c2ccc(Cl)cc2)CN(Cc2ccncc2)C3)cc1. The van der Waals surface area contributed by atoms with Crippen molar-refractivity contribution < 1.29 is 0 Å². The van der Waals surface area contributed by atoms with Crippen LogP contribution in [0.3, 0.4) is 0 Å². The zero-order valence-corrected chi connectivity index (χ0v) is 17.6. The van der Waals surface area contributed by atoms with Gasteiger partial charge in [0.1, 0.15) is 0 Å². The lowest BCUT2D eigenvalue weighted by Gasteiger charge is -2.13. The maximum absolute atomic E-state index is 6.10. The highest BCUT2D eigenvalue weighted by atomic mass is 35.5. The lowest BCUT2D eigenvalue weighted by molar-refractivity contribution is 0.272. The van der Waals surface area contributed by atoms with E-state index in [2.05, 4.69) is 9.88 Å². The average molecular weight is 433 g/mol. The normalized spacial score (nSPS) is 13.4. The first-order valence-electron chi connectivity index (χ1n) is 9.68. The van der Waals surface area contributed by atoms with E-state index in [1.165, 1.54) is 5.56 Å². The van der Waals surface area contributed by atoms with Crippen molar-refractivity contribution >= 4 is 23.2 Å². The van der Waals surface area contributed by atoms with Crippen molar-refractivity contribution in [3.8, 4) is 22.5 Å². The van der Waals surface area contributed by atoms with E-state index in [1.807, 2.05) is 73.1 Å². The van der Waals surface area contributed by atoms with E-state index in [1.54, 1.807) is 0 Å². The molecule has 0 amide bonds. The van der Waals surface area contributed by atoms with Crippen LogP contribution in [0, 0.1) is 0 Å². The molecule has 3 heterocycles. The fraction of sp³-hybridized carbons (Fsp3) is 0.125. The third-order valence-corrected chi connectivity index (χ3v) is 5.69. The molecule has 0 radical (unpaired) electrons. The lowest BCUT2D eigenvalue weighted by atomic mass is 10.0. The molecule has 2 aromatic carbocycles. The summed E-state index contributed by atoms with van der Waals surface area (Å²) in [6, 6.07) is 19.6. The minimum absolute atomic E-state index is 0.699. The van der Waals surface area contributed by atoms with Gasteiger partial charge in [-0.25, -0.2) is 9.97 Å². The van der Waals surface area contributed by atoms with Crippen LogP contribution in [-0.4, -0.2) is 19.9 Å². The monoisotopic (exact) mass is 432 g/mol. The third-order valence-electron chi connectivity index (χ3n) is 5.19. The maximum atomic E-state index is 6.10. The van der Waals surface area contributed by atoms with Crippen molar-refractivity contribution in [3.05, 3.63) is 100 Å². The molecular formula is C24H18Cl2N4. The molecule has 30 heavy (non-hydrogen) atoms. The third kappa shape index (κ3) is 3.94. The van der Waals surface area contributed by atoms with Crippen LogP contribution in [0.2, 0.25) is 10.0 Å². The van der Waals surface area contributed by atoms with Gasteiger partial charge in [0.05, 0.1) is 22.8 Å². The molecule has 0 N–H and O–H groups in total. The van der Waals surface area contributed by atoms with Crippen LogP contribution in [0.4, 0.5) is 0 Å². The molecule has 1 aliphatic heterocycles. The summed E-state index contributed by atoms with van der Waals surface area (Å²) in [7, 11) is 0. The summed E-state index contributed by atoms with van der Waals surface area (Å²) < 4.78 is 0. The van der Waals surface area contributed by atoms with E-state index < -0.39 is 0 Å². The van der Waals surface area contributed by atoms with Crippen molar-refractivity contribution in [1.29, 1.82) is 0 Å². The molecule has 4 aromatic rings. The van der Waals surface area contributed by atoms with Gasteiger partial charge < -0.3 is 0 Å². The van der Waals surface area contributed by atoms with Gasteiger partial charge in [0.25, 0.3) is 0 Å². The Morgan fingerprint density at radius 2 is 1.13 bits per heavy atom. The molecule has 0 aliphatic carbocycles. The number of nitrogens with zero attached hydrogens (tertiary/aromatic N) is 4. The Morgan fingerprint density at radius 3 is 1.60 bits per heavy atom. The summed E-state index contributed by atoms with van der Waals surface area (Å²) in [5, 5.41) is 1.40. The van der Waals surface area contributed by atoms with Crippen molar-refractivity contribution in [2.45, 2.75) is 19.6 Å². The molecule has 0 fully saturated rings. The first kappa shape index (κ1) is 19.2. The first-order valence-corrected chi connectivity index (χ1v) is 10.4. The minimum Gasteiger partial charge on any atom is -0.287 e. The Morgan fingerprint density at radius 1 is 0.667 bits per heavy atom. The van der Waals surface area contributed by atoms with Crippen molar-refractivity contribution in [3.63, 3.8) is 0 Å². The number of pyridine rings is 1. The van der Waals surface area contributed by atoms with Crippen molar-refractivity contribution in [1.82, 2.24) is 19.9 Å². The molecule has 6 heteroatoms. The Hall–Kier alpha value is -2.79. The van der Waals surface area contributed by atoms with Gasteiger partial charge in [-0.2, -0.15) is 0 Å². The highest BCUT2D eigenvalue weighted by Crippen LogP contribution is 2.34. The Labute approximate surface area is 185 Å². The van der Waals surface area contributed by atoms with E-state index in [4.69, 9.17) is 33.2 Å². The standard InChI is InChI=1S/C24H18Cl2N4/c25-19-5-1-17(2-6-19)23-24(18-3-7-20(26)8-4-18)29-22-15-30(14-21(22)28-23)13-16-9-11-27-12-10-16/h1-12H,13-15H2. The molecule has 148 valence electrons. The van der Waals surface area contributed by atoms with E-state index in [0.717, 1.165) is 53.5 Å². The molecule has 0 saturated heterocycles. The molecule has 0 unspecified atom stereocenters. The topological polar surface area (TPSA) is 41.9 Å². The van der Waals surface area contributed by atoms with Gasteiger partial charge in [0.2, 0.25) is 0 Å². The van der Waals surface area contributed by atoms with Gasteiger partial charge in [-0.1, -0.05) is 47.5 Å². The Balaban J connectivity index is 1.55. The minimum atomic E-state index is 0.699. The number of fused-ring (bicyclic) bond motifs is 1. The molecule has 5 rings (SSSR count). The summed E-state index contributed by atoms with van der Waals surface area (Å²) in [5.41, 5.74) is 6.98. The zero-order valence-electron chi connectivity index (χ0n) is 16.1. The van der Waals surface area contributed by atoms with Crippen molar-refractivity contribution in [2.75, 3.05) is 0 Å². The Kier molecular flexibility index (Phi) is 5.21. The second-order valence-corrected chi connectivity index (χ2v) is 8.20. The fourth-order valence-corrected chi connectivity index (χ4v) is 3.97. The molecule has 4 nitrogen and oxygen atoms in total. The van der Waals surface area contributed by atoms with Crippen LogP contribution in [0.25, 0.3) is 22.5 Å². The van der Waals surface area contributed by atoms with E-state index in [0.29, 0.717) is 10.0 Å². The van der Waals surface area contributed by atoms with Crippen LogP contribution in [-0.2, 0) is 19.6 Å². The highest BCUT2D eigenvalue weighted by molar-refractivity contribution is 6.31. The average Bonchev–Trinajstić information content (AvgIpc) is 3.16. The number of halogens is 2. The second kappa shape index (κ2) is 8.15. The first-order chi connectivity index (χ1) is 14.7. The largest absolute Gasteiger partial charge is 0.287 e.